The first-order chi connectivity index (χ1) is 8.75. The predicted molar refractivity (Wildman–Crippen MR) is 67.2 cm³/mol. The van der Waals surface area contributed by atoms with Crippen LogP contribution >= 0.6 is 15.9 Å². The summed E-state index contributed by atoms with van der Waals surface area (Å²) in [7, 11) is 0. The third-order valence-electron chi connectivity index (χ3n) is 2.00. The van der Waals surface area contributed by atoms with Crippen molar-refractivity contribution >= 4 is 27.7 Å². The molecule has 7 heteroatoms. The van der Waals surface area contributed by atoms with Gasteiger partial charge in [0, 0.05) is 10.7 Å². The molecule has 0 radical (unpaired) electrons. The molecule has 0 aliphatic heterocycles. The largest absolute Gasteiger partial charge is 0.458 e. The third kappa shape index (κ3) is 3.56. The number of hydrogen-bond donors (Lipinski definition) is 1. The number of anilines is 1. The maximum atomic E-state index is 11.4. The van der Waals surface area contributed by atoms with Crippen LogP contribution in [0, 0.1) is 0 Å². The highest BCUT2D eigenvalue weighted by atomic mass is 79.9. The zero-order valence-corrected chi connectivity index (χ0v) is 10.9. The molecule has 0 aliphatic carbocycles. The van der Waals surface area contributed by atoms with E-state index in [1.165, 1.54) is 12.6 Å². The lowest BCUT2D eigenvalue weighted by Gasteiger charge is -2.05. The van der Waals surface area contributed by atoms with E-state index in [-0.39, 0.29) is 12.4 Å². The molecule has 0 spiro atoms. The van der Waals surface area contributed by atoms with Gasteiger partial charge in [0.05, 0.1) is 12.7 Å². The lowest BCUT2D eigenvalue weighted by atomic mass is 10.4. The minimum absolute atomic E-state index is 0.0931. The number of rotatable bonds is 5. The summed E-state index contributed by atoms with van der Waals surface area (Å²) in [5.74, 6) is 0.271. The Morgan fingerprint density at radius 3 is 3.17 bits per heavy atom. The Kier molecular flexibility index (Phi) is 4.30. The molecule has 1 N–H and O–H groups in total. The number of hydrogen-bond acceptors (Lipinski definition) is 6. The first kappa shape index (κ1) is 12.6. The number of carbonyl (C=O) groups excluding carboxylic acids is 1. The molecule has 0 amide bonds. The van der Waals surface area contributed by atoms with E-state index in [4.69, 9.17) is 9.15 Å². The average Bonchev–Trinajstić information content (AvgIpc) is 2.88. The van der Waals surface area contributed by atoms with Gasteiger partial charge in [-0.3, -0.25) is 0 Å². The molecule has 6 nitrogen and oxygen atoms in total. The first-order valence-corrected chi connectivity index (χ1v) is 5.96. The summed E-state index contributed by atoms with van der Waals surface area (Å²) in [6, 6.07) is 3.66. The molecule has 2 aromatic rings. The number of esters is 1. The van der Waals surface area contributed by atoms with E-state index in [0.29, 0.717) is 12.4 Å². The van der Waals surface area contributed by atoms with Crippen molar-refractivity contribution < 1.29 is 13.9 Å². The van der Waals surface area contributed by atoms with Gasteiger partial charge in [-0.1, -0.05) is 15.9 Å². The maximum Gasteiger partial charge on any atom is 0.376 e. The highest BCUT2D eigenvalue weighted by molar-refractivity contribution is 9.10. The summed E-state index contributed by atoms with van der Waals surface area (Å²) >= 11 is 3.34. The number of ether oxygens (including phenoxy) is 1. The van der Waals surface area contributed by atoms with E-state index in [2.05, 4.69) is 31.2 Å². The summed E-state index contributed by atoms with van der Waals surface area (Å²) in [6.45, 7) is 0.678. The van der Waals surface area contributed by atoms with Crippen molar-refractivity contribution in [2.45, 2.75) is 0 Å². The predicted octanol–water partition coefficient (Wildman–Crippen LogP) is 2.10. The average molecular weight is 312 g/mol. The standard InChI is InChI=1S/C11H10BrN3O3/c12-8-1-2-14-10(5-8)15-3-4-17-11(16)9-6-13-7-18-9/h1-2,5-7H,3-4H2,(H,14,15). The zero-order chi connectivity index (χ0) is 12.8. The van der Waals surface area contributed by atoms with E-state index in [1.807, 2.05) is 12.1 Å². The van der Waals surface area contributed by atoms with Gasteiger partial charge in [0.1, 0.15) is 12.4 Å². The summed E-state index contributed by atoms with van der Waals surface area (Å²) in [4.78, 5) is 19.1. The number of halogens is 1. The SMILES string of the molecule is O=C(OCCNc1cc(Br)ccn1)c1cnco1. The molecule has 2 rings (SSSR count). The van der Waals surface area contributed by atoms with Gasteiger partial charge >= 0.3 is 5.97 Å². The molecule has 0 saturated heterocycles. The second-order valence-electron chi connectivity index (χ2n) is 3.29. The highest BCUT2D eigenvalue weighted by Crippen LogP contribution is 2.12. The zero-order valence-electron chi connectivity index (χ0n) is 9.30. The smallest absolute Gasteiger partial charge is 0.376 e. The van der Waals surface area contributed by atoms with Crippen molar-refractivity contribution in [2.24, 2.45) is 0 Å². The molecule has 0 fully saturated rings. The molecule has 0 aromatic carbocycles. The van der Waals surface area contributed by atoms with Crippen LogP contribution in [0.25, 0.3) is 0 Å². The molecule has 18 heavy (non-hydrogen) atoms. The number of nitrogens with one attached hydrogen (secondary N) is 1. The van der Waals surface area contributed by atoms with Crippen molar-refractivity contribution in [1.82, 2.24) is 9.97 Å². The van der Waals surface area contributed by atoms with Crippen LogP contribution in [-0.4, -0.2) is 29.1 Å². The number of carbonyl (C=O) groups is 1. The van der Waals surface area contributed by atoms with E-state index < -0.39 is 5.97 Å². The van der Waals surface area contributed by atoms with Crippen LogP contribution in [0.5, 0.6) is 0 Å². The van der Waals surface area contributed by atoms with Crippen molar-refractivity contribution in [3.05, 3.63) is 41.2 Å². The minimum atomic E-state index is -0.531. The Morgan fingerprint density at radius 2 is 2.44 bits per heavy atom. The van der Waals surface area contributed by atoms with Crippen LogP contribution < -0.4 is 5.32 Å². The lowest BCUT2D eigenvalue weighted by Crippen LogP contribution is -2.14. The second-order valence-corrected chi connectivity index (χ2v) is 4.20. The van der Waals surface area contributed by atoms with Crippen molar-refractivity contribution in [2.75, 3.05) is 18.5 Å². The summed E-state index contributed by atoms with van der Waals surface area (Å²) in [6.07, 6.45) is 4.17. The Labute approximate surface area is 112 Å². The van der Waals surface area contributed by atoms with Gasteiger partial charge < -0.3 is 14.5 Å². The summed E-state index contributed by atoms with van der Waals surface area (Å²) < 4.78 is 10.7. The topological polar surface area (TPSA) is 77.2 Å². The van der Waals surface area contributed by atoms with Gasteiger partial charge in [-0.15, -0.1) is 0 Å². The van der Waals surface area contributed by atoms with Crippen LogP contribution in [0.15, 0.2) is 39.8 Å². The molecule has 2 aromatic heterocycles. The van der Waals surface area contributed by atoms with Crippen molar-refractivity contribution in [3.8, 4) is 0 Å². The number of nitrogens with zero attached hydrogens (tertiary/aromatic N) is 2. The Morgan fingerprint density at radius 1 is 1.56 bits per heavy atom. The maximum absolute atomic E-state index is 11.4. The van der Waals surface area contributed by atoms with Crippen molar-refractivity contribution in [3.63, 3.8) is 0 Å². The highest BCUT2D eigenvalue weighted by Gasteiger charge is 2.09. The molecule has 0 bridgehead atoms. The third-order valence-corrected chi connectivity index (χ3v) is 2.49. The Bertz CT molecular complexity index is 516. The van der Waals surface area contributed by atoms with Crippen LogP contribution in [0.4, 0.5) is 5.82 Å². The molecule has 94 valence electrons. The van der Waals surface area contributed by atoms with Crippen LogP contribution in [0.2, 0.25) is 0 Å². The Hall–Kier alpha value is -1.89. The van der Waals surface area contributed by atoms with Gasteiger partial charge in [-0.2, -0.15) is 0 Å². The normalized spacial score (nSPS) is 10.1. The number of aromatic nitrogens is 2. The van der Waals surface area contributed by atoms with E-state index in [1.54, 1.807) is 6.20 Å². The van der Waals surface area contributed by atoms with Crippen LogP contribution in [0.1, 0.15) is 10.6 Å². The fraction of sp³-hybridized carbons (Fsp3) is 0.182. The first-order valence-electron chi connectivity index (χ1n) is 5.17. The fourth-order valence-electron chi connectivity index (χ4n) is 1.21. The molecule has 0 saturated carbocycles. The van der Waals surface area contributed by atoms with Gasteiger partial charge in [0.25, 0.3) is 0 Å². The summed E-state index contributed by atoms with van der Waals surface area (Å²) in [5, 5.41) is 3.02. The van der Waals surface area contributed by atoms with Gasteiger partial charge in [0.15, 0.2) is 6.39 Å². The van der Waals surface area contributed by atoms with E-state index in [9.17, 15) is 4.79 Å². The van der Waals surface area contributed by atoms with E-state index >= 15 is 0 Å². The molecule has 0 atom stereocenters. The molecular formula is C11H10BrN3O3. The second kappa shape index (κ2) is 6.15. The van der Waals surface area contributed by atoms with Crippen LogP contribution in [0.3, 0.4) is 0 Å². The minimum Gasteiger partial charge on any atom is -0.458 e. The fourth-order valence-corrected chi connectivity index (χ4v) is 1.55. The molecule has 2 heterocycles. The number of pyridine rings is 1. The van der Waals surface area contributed by atoms with Gasteiger partial charge in [-0.05, 0) is 12.1 Å². The van der Waals surface area contributed by atoms with E-state index in [0.717, 1.165) is 4.47 Å². The number of oxazole rings is 1. The lowest BCUT2D eigenvalue weighted by molar-refractivity contribution is 0.0484. The van der Waals surface area contributed by atoms with Gasteiger partial charge in [0.2, 0.25) is 5.76 Å². The quantitative estimate of drug-likeness (QED) is 0.673. The van der Waals surface area contributed by atoms with Crippen molar-refractivity contribution in [1.29, 1.82) is 0 Å². The van der Waals surface area contributed by atoms with Gasteiger partial charge in [-0.25, -0.2) is 14.8 Å². The molecule has 0 unspecified atom stereocenters. The Balaban J connectivity index is 1.72. The summed E-state index contributed by atoms with van der Waals surface area (Å²) in [5.41, 5.74) is 0. The van der Waals surface area contributed by atoms with Crippen LogP contribution in [-0.2, 0) is 4.74 Å². The molecule has 0 aliphatic rings. The monoisotopic (exact) mass is 311 g/mol. The molecular weight excluding hydrogens is 302 g/mol.